The summed E-state index contributed by atoms with van der Waals surface area (Å²) < 4.78 is 6.03. The maximum absolute atomic E-state index is 13.0. The van der Waals surface area contributed by atoms with Crippen molar-refractivity contribution in [1.29, 1.82) is 0 Å². The fourth-order valence-electron chi connectivity index (χ4n) is 5.21. The van der Waals surface area contributed by atoms with Crippen LogP contribution in [0.4, 0.5) is 0 Å². The Kier molecular flexibility index (Phi) is 9.16. The van der Waals surface area contributed by atoms with E-state index >= 15 is 0 Å². The summed E-state index contributed by atoms with van der Waals surface area (Å²) in [6.45, 7) is 4.46. The summed E-state index contributed by atoms with van der Waals surface area (Å²) in [6, 6.07) is 8.32. The zero-order valence-corrected chi connectivity index (χ0v) is 19.8. The molecule has 2 unspecified atom stereocenters. The number of nitrogens with zero attached hydrogens (tertiary/aromatic N) is 1. The molecule has 2 fully saturated rings. The molecule has 2 aliphatic carbocycles. The fraction of sp³-hybridized carbons (Fsp3) is 0.500. The number of nitrogens with two attached hydrogens (primary N) is 1. The average molecular weight is 466 g/mol. The van der Waals surface area contributed by atoms with Crippen molar-refractivity contribution in [2.24, 2.45) is 17.6 Å². The number of carbonyl (C=O) groups is 1. The molecule has 2 saturated carbocycles. The highest BCUT2D eigenvalue weighted by molar-refractivity contribution is 5.95. The van der Waals surface area contributed by atoms with Crippen LogP contribution in [0.1, 0.15) is 59.2 Å². The van der Waals surface area contributed by atoms with Crippen molar-refractivity contribution in [2.75, 3.05) is 0 Å². The van der Waals surface area contributed by atoms with Crippen molar-refractivity contribution in [3.8, 4) is 5.75 Å². The number of hydrogen-bond acceptors (Lipinski definition) is 4. The number of aryl methyl sites for hydroxylation is 2. The summed E-state index contributed by atoms with van der Waals surface area (Å²) in [5.41, 5.74) is 9.91. The van der Waals surface area contributed by atoms with Crippen molar-refractivity contribution in [3.63, 3.8) is 0 Å². The molecule has 4 rings (SSSR count). The Morgan fingerprint density at radius 3 is 2.39 bits per heavy atom. The minimum absolute atomic E-state index is 0. The summed E-state index contributed by atoms with van der Waals surface area (Å²) in [7, 11) is 0. The number of nitrogens with one attached hydrogen (secondary N) is 1. The van der Waals surface area contributed by atoms with Crippen molar-refractivity contribution < 1.29 is 9.53 Å². The van der Waals surface area contributed by atoms with E-state index in [-0.39, 0.29) is 36.8 Å². The van der Waals surface area contributed by atoms with Gasteiger partial charge in [0, 0.05) is 35.6 Å². The molecule has 1 aromatic heterocycles. The van der Waals surface area contributed by atoms with E-state index in [2.05, 4.69) is 10.3 Å². The fourth-order valence-corrected chi connectivity index (χ4v) is 5.21. The lowest BCUT2D eigenvalue weighted by Gasteiger charge is -2.45. The van der Waals surface area contributed by atoms with Gasteiger partial charge in [-0.2, -0.15) is 0 Å². The van der Waals surface area contributed by atoms with Gasteiger partial charge in [0.15, 0.2) is 0 Å². The third kappa shape index (κ3) is 5.91. The van der Waals surface area contributed by atoms with E-state index in [9.17, 15) is 4.79 Å². The molecule has 1 aromatic carbocycles. The number of benzene rings is 1. The van der Waals surface area contributed by atoms with Gasteiger partial charge in [-0.1, -0.05) is 12.5 Å². The minimum Gasteiger partial charge on any atom is -0.488 e. The number of pyridine rings is 1. The van der Waals surface area contributed by atoms with Gasteiger partial charge in [-0.3, -0.25) is 9.78 Å². The highest BCUT2D eigenvalue weighted by atomic mass is 35.5. The number of ether oxygens (including phenoxy) is 1. The average Bonchev–Trinajstić information content (AvgIpc) is 2.68. The van der Waals surface area contributed by atoms with Crippen LogP contribution in [0.15, 0.2) is 36.7 Å². The van der Waals surface area contributed by atoms with Gasteiger partial charge in [-0.25, -0.2) is 0 Å². The molecule has 31 heavy (non-hydrogen) atoms. The van der Waals surface area contributed by atoms with E-state index in [1.807, 2.05) is 38.1 Å². The normalized spacial score (nSPS) is 24.4. The van der Waals surface area contributed by atoms with E-state index < -0.39 is 0 Å². The summed E-state index contributed by atoms with van der Waals surface area (Å²) in [6.07, 6.45) is 9.22. The topological polar surface area (TPSA) is 77.2 Å². The van der Waals surface area contributed by atoms with Gasteiger partial charge in [-0.15, -0.1) is 24.8 Å². The van der Waals surface area contributed by atoms with Crippen LogP contribution in [0.2, 0.25) is 0 Å². The van der Waals surface area contributed by atoms with Gasteiger partial charge in [0.05, 0.1) is 0 Å². The smallest absolute Gasteiger partial charge is 0.251 e. The second kappa shape index (κ2) is 11.2. The lowest BCUT2D eigenvalue weighted by molar-refractivity contribution is 0.0756. The Balaban J connectivity index is 0.00000171. The van der Waals surface area contributed by atoms with E-state index in [1.165, 1.54) is 19.3 Å². The number of carbonyl (C=O) groups excluding carboxylic acids is 1. The number of fused-ring (bicyclic) bond motifs is 2. The number of amides is 1. The summed E-state index contributed by atoms with van der Waals surface area (Å²) >= 11 is 0. The van der Waals surface area contributed by atoms with Crippen LogP contribution < -0.4 is 15.8 Å². The molecule has 5 nitrogen and oxygen atoms in total. The van der Waals surface area contributed by atoms with Gasteiger partial charge < -0.3 is 15.8 Å². The first-order valence-electron chi connectivity index (χ1n) is 10.7. The highest BCUT2D eigenvalue weighted by Gasteiger charge is 2.40. The van der Waals surface area contributed by atoms with Gasteiger partial charge >= 0.3 is 0 Å². The summed E-state index contributed by atoms with van der Waals surface area (Å²) in [5.74, 6) is 1.90. The van der Waals surface area contributed by atoms with E-state index in [0.717, 1.165) is 35.3 Å². The number of hydrogen-bond donors (Lipinski definition) is 2. The van der Waals surface area contributed by atoms with Gasteiger partial charge in [0.1, 0.15) is 12.4 Å². The van der Waals surface area contributed by atoms with Crippen molar-refractivity contribution in [3.05, 3.63) is 58.9 Å². The molecular formula is C24H33Cl2N3O2. The number of aromatic nitrogens is 1. The number of halogens is 2. The molecule has 7 heteroatoms. The largest absolute Gasteiger partial charge is 0.488 e. The van der Waals surface area contributed by atoms with Gasteiger partial charge in [0.2, 0.25) is 0 Å². The molecule has 3 N–H and O–H groups in total. The molecule has 1 amide bonds. The SMILES string of the molecule is Cc1cc(C(=O)NC2C3CCCC2CC(N)C3)cc(C)c1OCc1cccnc1.Cl.Cl. The molecule has 0 aliphatic heterocycles. The van der Waals surface area contributed by atoms with Crippen LogP contribution in [-0.4, -0.2) is 23.0 Å². The maximum Gasteiger partial charge on any atom is 0.251 e. The van der Waals surface area contributed by atoms with E-state index in [4.69, 9.17) is 10.5 Å². The molecule has 2 bridgehead atoms. The zero-order valence-electron chi connectivity index (χ0n) is 18.2. The minimum atomic E-state index is 0. The second-order valence-corrected chi connectivity index (χ2v) is 8.77. The Labute approximate surface area is 197 Å². The Bertz CT molecular complexity index is 841. The maximum atomic E-state index is 13.0. The van der Waals surface area contributed by atoms with Crippen molar-refractivity contribution >= 4 is 30.7 Å². The molecule has 2 aromatic rings. The molecule has 2 atom stereocenters. The first-order valence-corrected chi connectivity index (χ1v) is 10.7. The second-order valence-electron chi connectivity index (χ2n) is 8.77. The Morgan fingerprint density at radius 2 is 1.81 bits per heavy atom. The molecule has 0 radical (unpaired) electrons. The first-order chi connectivity index (χ1) is 14.0. The van der Waals surface area contributed by atoms with Gasteiger partial charge in [0.25, 0.3) is 5.91 Å². The van der Waals surface area contributed by atoms with Crippen LogP contribution in [0.5, 0.6) is 5.75 Å². The Hall–Kier alpha value is -1.82. The van der Waals surface area contributed by atoms with Crippen molar-refractivity contribution in [1.82, 2.24) is 10.3 Å². The predicted octanol–water partition coefficient (Wildman–Crippen LogP) is 4.76. The van der Waals surface area contributed by atoms with Crippen molar-refractivity contribution in [2.45, 2.75) is 64.6 Å². The Morgan fingerprint density at radius 1 is 1.16 bits per heavy atom. The third-order valence-corrected chi connectivity index (χ3v) is 6.50. The predicted molar refractivity (Wildman–Crippen MR) is 128 cm³/mol. The lowest BCUT2D eigenvalue weighted by atomic mass is 9.67. The van der Waals surface area contributed by atoms with Crippen LogP contribution in [-0.2, 0) is 6.61 Å². The molecule has 1 heterocycles. The third-order valence-electron chi connectivity index (χ3n) is 6.50. The number of rotatable bonds is 5. The highest BCUT2D eigenvalue weighted by Crippen LogP contribution is 2.40. The lowest BCUT2D eigenvalue weighted by Crippen LogP contribution is -2.53. The van der Waals surface area contributed by atoms with E-state index in [1.54, 1.807) is 12.4 Å². The van der Waals surface area contributed by atoms with Crippen LogP contribution >= 0.6 is 24.8 Å². The van der Waals surface area contributed by atoms with Crippen LogP contribution in [0, 0.1) is 25.7 Å². The first kappa shape index (κ1) is 25.4. The van der Waals surface area contributed by atoms with E-state index in [0.29, 0.717) is 30.0 Å². The standard InChI is InChI=1S/C24H31N3O2.2ClH/c1-15-9-20(10-16(2)23(15)29-14-17-5-4-8-26-13-17)24(28)27-22-18-6-3-7-19(22)12-21(25)11-18;;/h4-5,8-10,13,18-19,21-22H,3,6-7,11-12,14,25H2,1-2H3,(H,27,28);2*1H. The van der Waals surface area contributed by atoms with Crippen LogP contribution in [0.25, 0.3) is 0 Å². The van der Waals surface area contributed by atoms with Crippen LogP contribution in [0.3, 0.4) is 0 Å². The molecule has 0 saturated heterocycles. The summed E-state index contributed by atoms with van der Waals surface area (Å²) in [5, 5.41) is 3.35. The summed E-state index contributed by atoms with van der Waals surface area (Å²) in [4.78, 5) is 17.2. The molecule has 170 valence electrons. The van der Waals surface area contributed by atoms with Gasteiger partial charge in [-0.05, 0) is 80.7 Å². The molecule has 0 spiro atoms. The zero-order chi connectivity index (χ0) is 20.4. The monoisotopic (exact) mass is 465 g/mol. The molecule has 2 aliphatic rings. The quantitative estimate of drug-likeness (QED) is 0.667. The molecular weight excluding hydrogens is 433 g/mol.